The van der Waals surface area contributed by atoms with Crippen molar-refractivity contribution in [2.24, 2.45) is 0 Å². The van der Waals surface area contributed by atoms with Crippen molar-refractivity contribution < 1.29 is 9.90 Å². The van der Waals surface area contributed by atoms with Crippen LogP contribution < -0.4 is 0 Å². The summed E-state index contributed by atoms with van der Waals surface area (Å²) in [4.78, 5) is 11.3. The van der Waals surface area contributed by atoms with Crippen LogP contribution >= 0.6 is 0 Å². The number of ketones is 1. The minimum absolute atomic E-state index is 0.0478. The van der Waals surface area contributed by atoms with Gasteiger partial charge in [-0.15, -0.1) is 0 Å². The Bertz CT molecular complexity index is 316. The van der Waals surface area contributed by atoms with Crippen molar-refractivity contribution in [3.63, 3.8) is 0 Å². The molecule has 1 aliphatic carbocycles. The van der Waals surface area contributed by atoms with Crippen LogP contribution in [0.2, 0.25) is 0 Å². The number of carbonyl (C=O) groups excluding carboxylic acids is 1. The van der Waals surface area contributed by atoms with E-state index in [9.17, 15) is 9.90 Å². The van der Waals surface area contributed by atoms with Crippen molar-refractivity contribution in [2.45, 2.75) is 51.0 Å². The van der Waals surface area contributed by atoms with E-state index in [4.69, 9.17) is 5.41 Å². The molecule has 2 N–H and O–H groups in total. The number of aliphatic hydroxyl groups is 1. The molecule has 1 rings (SSSR count). The first kappa shape index (κ1) is 11.9. The average Bonchev–Trinajstić information content (AvgIpc) is 2.63. The monoisotopic (exact) mass is 207 g/mol. The van der Waals surface area contributed by atoms with E-state index in [2.05, 4.69) is 11.8 Å². The quantitative estimate of drug-likeness (QED) is 0.420. The molecular formula is C12H17NO2. The van der Waals surface area contributed by atoms with Gasteiger partial charge in [-0.25, -0.2) is 0 Å². The summed E-state index contributed by atoms with van der Waals surface area (Å²) in [5, 5.41) is 17.3. The molecule has 1 aliphatic rings. The van der Waals surface area contributed by atoms with E-state index in [0.29, 0.717) is 19.3 Å². The molecule has 0 bridgehead atoms. The van der Waals surface area contributed by atoms with Gasteiger partial charge in [0.25, 0.3) is 0 Å². The molecule has 0 unspecified atom stereocenters. The molecule has 0 atom stereocenters. The topological polar surface area (TPSA) is 61.2 Å². The second kappa shape index (κ2) is 5.09. The third kappa shape index (κ3) is 3.49. The molecule has 0 heterocycles. The third-order valence-corrected chi connectivity index (χ3v) is 2.61. The SMILES string of the molecule is CCCC(=N)C(=O)C#CC1(O)CCCC1. The Balaban J connectivity index is 2.57. The van der Waals surface area contributed by atoms with Gasteiger partial charge < -0.3 is 10.5 Å². The van der Waals surface area contributed by atoms with Gasteiger partial charge in [-0.1, -0.05) is 19.3 Å². The van der Waals surface area contributed by atoms with Crippen LogP contribution in [0, 0.1) is 17.3 Å². The van der Waals surface area contributed by atoms with Crippen LogP contribution in [-0.2, 0) is 4.79 Å². The maximum atomic E-state index is 11.3. The number of nitrogens with one attached hydrogen (secondary N) is 1. The summed E-state index contributed by atoms with van der Waals surface area (Å²) < 4.78 is 0. The fraction of sp³-hybridized carbons (Fsp3) is 0.667. The van der Waals surface area contributed by atoms with Gasteiger partial charge in [0.15, 0.2) is 0 Å². The molecular weight excluding hydrogens is 190 g/mol. The lowest BCUT2D eigenvalue weighted by molar-refractivity contribution is -0.108. The van der Waals surface area contributed by atoms with Crippen molar-refractivity contribution >= 4 is 11.5 Å². The Morgan fingerprint density at radius 3 is 2.60 bits per heavy atom. The first-order valence-corrected chi connectivity index (χ1v) is 5.45. The highest BCUT2D eigenvalue weighted by atomic mass is 16.3. The van der Waals surface area contributed by atoms with Crippen molar-refractivity contribution in [1.29, 1.82) is 5.41 Å². The Morgan fingerprint density at radius 2 is 2.07 bits per heavy atom. The summed E-state index contributed by atoms with van der Waals surface area (Å²) in [6.07, 6.45) is 4.46. The molecule has 1 fully saturated rings. The largest absolute Gasteiger partial charge is 0.378 e. The van der Waals surface area contributed by atoms with Gasteiger partial charge >= 0.3 is 0 Å². The van der Waals surface area contributed by atoms with Crippen LogP contribution in [0.1, 0.15) is 45.4 Å². The molecule has 0 saturated heterocycles. The highest BCUT2D eigenvalue weighted by Gasteiger charge is 2.28. The molecule has 0 aromatic rings. The highest BCUT2D eigenvalue weighted by Crippen LogP contribution is 2.28. The summed E-state index contributed by atoms with van der Waals surface area (Å²) >= 11 is 0. The van der Waals surface area contributed by atoms with E-state index >= 15 is 0 Å². The van der Waals surface area contributed by atoms with Gasteiger partial charge in [0.2, 0.25) is 5.78 Å². The van der Waals surface area contributed by atoms with Gasteiger partial charge in [0, 0.05) is 0 Å². The van der Waals surface area contributed by atoms with Crippen molar-refractivity contribution in [3.05, 3.63) is 0 Å². The van der Waals surface area contributed by atoms with E-state index in [-0.39, 0.29) is 5.71 Å². The standard InChI is InChI=1S/C12H17NO2/c1-2-5-10(13)11(14)6-9-12(15)7-3-4-8-12/h13,15H,2-5,7-8H2,1H3. The smallest absolute Gasteiger partial charge is 0.249 e. The maximum absolute atomic E-state index is 11.3. The molecule has 0 spiro atoms. The van der Waals surface area contributed by atoms with Crippen LogP contribution in [0.15, 0.2) is 0 Å². The van der Waals surface area contributed by atoms with Crippen molar-refractivity contribution in [2.75, 3.05) is 0 Å². The van der Waals surface area contributed by atoms with E-state index in [1.165, 1.54) is 0 Å². The van der Waals surface area contributed by atoms with Gasteiger partial charge in [-0.2, -0.15) is 0 Å². The van der Waals surface area contributed by atoms with Crippen LogP contribution in [0.3, 0.4) is 0 Å². The van der Waals surface area contributed by atoms with E-state index < -0.39 is 11.4 Å². The number of hydrogen-bond donors (Lipinski definition) is 2. The average molecular weight is 207 g/mol. The van der Waals surface area contributed by atoms with Crippen molar-refractivity contribution in [3.8, 4) is 11.8 Å². The lowest BCUT2D eigenvalue weighted by atomic mass is 10.0. The fourth-order valence-corrected chi connectivity index (χ4v) is 1.70. The van der Waals surface area contributed by atoms with E-state index in [1.54, 1.807) is 0 Å². The Kier molecular flexibility index (Phi) is 4.05. The first-order valence-electron chi connectivity index (χ1n) is 5.45. The van der Waals surface area contributed by atoms with E-state index in [0.717, 1.165) is 19.3 Å². The molecule has 0 aromatic heterocycles. The summed E-state index contributed by atoms with van der Waals surface area (Å²) in [5.74, 6) is 4.55. The number of hydrogen-bond acceptors (Lipinski definition) is 3. The maximum Gasteiger partial charge on any atom is 0.249 e. The summed E-state index contributed by atoms with van der Waals surface area (Å²) in [6, 6.07) is 0. The van der Waals surface area contributed by atoms with Crippen LogP contribution in [0.25, 0.3) is 0 Å². The van der Waals surface area contributed by atoms with Crippen LogP contribution in [0.5, 0.6) is 0 Å². The van der Waals surface area contributed by atoms with Crippen LogP contribution in [-0.4, -0.2) is 22.2 Å². The summed E-state index contributed by atoms with van der Waals surface area (Å²) in [7, 11) is 0. The molecule has 0 radical (unpaired) electrons. The minimum Gasteiger partial charge on any atom is -0.378 e. The predicted octanol–water partition coefficient (Wildman–Crippen LogP) is 1.68. The van der Waals surface area contributed by atoms with Crippen LogP contribution in [0.4, 0.5) is 0 Å². The van der Waals surface area contributed by atoms with Gasteiger partial charge in [-0.3, -0.25) is 4.79 Å². The summed E-state index contributed by atoms with van der Waals surface area (Å²) in [6.45, 7) is 1.92. The third-order valence-electron chi connectivity index (χ3n) is 2.61. The zero-order valence-electron chi connectivity index (χ0n) is 9.10. The molecule has 0 amide bonds. The molecule has 1 saturated carbocycles. The zero-order valence-corrected chi connectivity index (χ0v) is 9.10. The lowest BCUT2D eigenvalue weighted by Crippen LogP contribution is -2.22. The number of rotatable bonds is 3. The predicted molar refractivity (Wildman–Crippen MR) is 58.8 cm³/mol. The first-order chi connectivity index (χ1) is 7.07. The molecule has 0 aromatic carbocycles. The van der Waals surface area contributed by atoms with Crippen molar-refractivity contribution in [1.82, 2.24) is 0 Å². The Hall–Kier alpha value is -1.14. The molecule has 0 aliphatic heterocycles. The Morgan fingerprint density at radius 1 is 1.47 bits per heavy atom. The highest BCUT2D eigenvalue weighted by molar-refractivity contribution is 6.45. The molecule has 15 heavy (non-hydrogen) atoms. The Labute approximate surface area is 90.4 Å². The van der Waals surface area contributed by atoms with Gasteiger partial charge in [-0.05, 0) is 38.0 Å². The number of carbonyl (C=O) groups is 1. The fourth-order valence-electron chi connectivity index (χ4n) is 1.70. The zero-order chi connectivity index (χ0) is 11.3. The summed E-state index contributed by atoms with van der Waals surface area (Å²) in [5.41, 5.74) is -0.922. The lowest BCUT2D eigenvalue weighted by Gasteiger charge is -2.12. The second-order valence-electron chi connectivity index (χ2n) is 4.05. The minimum atomic E-state index is -0.970. The molecule has 3 nitrogen and oxygen atoms in total. The molecule has 3 heteroatoms. The normalized spacial score (nSPS) is 18.0. The van der Waals surface area contributed by atoms with Gasteiger partial charge in [0.1, 0.15) is 5.60 Å². The van der Waals surface area contributed by atoms with E-state index in [1.807, 2.05) is 6.92 Å². The second-order valence-corrected chi connectivity index (χ2v) is 4.05. The van der Waals surface area contributed by atoms with Gasteiger partial charge in [0.05, 0.1) is 5.71 Å². The molecule has 82 valence electrons. The number of Topliss-reactive ketones (excluding diaryl/α,β-unsaturated/α-hetero) is 1.